The van der Waals surface area contributed by atoms with Crippen molar-refractivity contribution in [1.82, 2.24) is 19.7 Å². The summed E-state index contributed by atoms with van der Waals surface area (Å²) in [5.74, 6) is 0.158. The lowest BCUT2D eigenvalue weighted by atomic mass is 10.1. The highest BCUT2D eigenvalue weighted by Crippen LogP contribution is 2.29. The maximum Gasteiger partial charge on any atom is 0.237 e. The van der Waals surface area contributed by atoms with Crippen LogP contribution in [0.25, 0.3) is 5.69 Å². The van der Waals surface area contributed by atoms with Crippen LogP contribution in [0.15, 0.2) is 53.7 Å². The van der Waals surface area contributed by atoms with Crippen molar-refractivity contribution < 1.29 is 9.18 Å². The smallest absolute Gasteiger partial charge is 0.237 e. The van der Waals surface area contributed by atoms with Crippen molar-refractivity contribution in [3.63, 3.8) is 0 Å². The van der Waals surface area contributed by atoms with Crippen molar-refractivity contribution in [1.29, 1.82) is 0 Å². The Bertz CT molecular complexity index is 1070. The summed E-state index contributed by atoms with van der Waals surface area (Å²) in [4.78, 5) is 15.2. The van der Waals surface area contributed by atoms with Crippen LogP contribution in [0.4, 0.5) is 10.1 Å². The Morgan fingerprint density at radius 3 is 2.62 bits per heavy atom. The summed E-state index contributed by atoms with van der Waals surface area (Å²) < 4.78 is 15.3. The highest BCUT2D eigenvalue weighted by Gasteiger charge is 2.23. The largest absolute Gasteiger partial charge is 0.324 e. The van der Waals surface area contributed by atoms with E-state index in [0.29, 0.717) is 17.4 Å². The van der Waals surface area contributed by atoms with Gasteiger partial charge in [-0.1, -0.05) is 48.0 Å². The standard InChI is InChI=1S/C23H25ClFN5OS/c1-16(22(31)26-20-11-10-17(25)14-19(20)24)32-23-28-27-21(15-29-12-6-3-7-13-29)30(23)18-8-4-2-5-9-18/h2,4-5,8-11,14,16H,3,6-7,12-13,15H2,1H3,(H,26,31). The van der Waals surface area contributed by atoms with Gasteiger partial charge in [-0.25, -0.2) is 4.39 Å². The zero-order valence-corrected chi connectivity index (χ0v) is 19.4. The Morgan fingerprint density at radius 1 is 1.16 bits per heavy atom. The molecular weight excluding hydrogens is 449 g/mol. The number of hydrogen-bond acceptors (Lipinski definition) is 5. The van der Waals surface area contributed by atoms with E-state index in [-0.39, 0.29) is 10.9 Å². The number of carbonyl (C=O) groups is 1. The van der Waals surface area contributed by atoms with Crippen LogP contribution in [0.5, 0.6) is 0 Å². The van der Waals surface area contributed by atoms with Crippen LogP contribution in [0.2, 0.25) is 5.02 Å². The Hall–Kier alpha value is -2.42. The summed E-state index contributed by atoms with van der Waals surface area (Å²) in [5, 5.41) is 12.0. The van der Waals surface area contributed by atoms with Crippen molar-refractivity contribution in [2.45, 2.75) is 43.1 Å². The molecule has 0 spiro atoms. The molecule has 1 aromatic heterocycles. The van der Waals surface area contributed by atoms with Crippen molar-refractivity contribution in [2.75, 3.05) is 18.4 Å². The van der Waals surface area contributed by atoms with Crippen LogP contribution >= 0.6 is 23.4 Å². The van der Waals surface area contributed by atoms with Crippen LogP contribution < -0.4 is 5.32 Å². The van der Waals surface area contributed by atoms with Crippen molar-refractivity contribution >= 4 is 35.0 Å². The number of para-hydroxylation sites is 1. The average molecular weight is 474 g/mol. The second-order valence-corrected chi connectivity index (χ2v) is 9.50. The normalized spacial score (nSPS) is 15.5. The molecule has 1 N–H and O–H groups in total. The van der Waals surface area contributed by atoms with Gasteiger partial charge >= 0.3 is 0 Å². The lowest BCUT2D eigenvalue weighted by Gasteiger charge is -2.26. The lowest BCUT2D eigenvalue weighted by molar-refractivity contribution is -0.115. The highest BCUT2D eigenvalue weighted by molar-refractivity contribution is 8.00. The molecule has 9 heteroatoms. The molecule has 1 saturated heterocycles. The maximum absolute atomic E-state index is 13.3. The van der Waals surface area contributed by atoms with E-state index in [1.807, 2.05) is 34.9 Å². The van der Waals surface area contributed by atoms with E-state index in [0.717, 1.165) is 24.6 Å². The number of nitrogens with one attached hydrogen (secondary N) is 1. The molecule has 2 aromatic carbocycles. The molecule has 0 saturated carbocycles. The van der Waals surface area contributed by atoms with E-state index in [9.17, 15) is 9.18 Å². The molecule has 168 valence electrons. The van der Waals surface area contributed by atoms with Gasteiger partial charge in [-0.2, -0.15) is 0 Å². The van der Waals surface area contributed by atoms with Crippen molar-refractivity contribution in [3.05, 3.63) is 65.2 Å². The number of hydrogen-bond donors (Lipinski definition) is 1. The number of rotatable bonds is 7. The minimum atomic E-state index is -0.467. The molecule has 6 nitrogen and oxygen atoms in total. The minimum Gasteiger partial charge on any atom is -0.324 e. The quantitative estimate of drug-likeness (QED) is 0.480. The first-order valence-corrected chi connectivity index (χ1v) is 11.9. The SMILES string of the molecule is CC(Sc1nnc(CN2CCCCC2)n1-c1ccccc1)C(=O)Nc1ccc(F)cc1Cl. The fourth-order valence-corrected chi connectivity index (χ4v) is 4.77. The van der Waals surface area contributed by atoms with Crippen LogP contribution in [0.3, 0.4) is 0 Å². The van der Waals surface area contributed by atoms with Gasteiger partial charge in [0, 0.05) is 5.69 Å². The molecule has 3 aromatic rings. The number of carbonyl (C=O) groups excluding carboxylic acids is 1. The number of nitrogens with zero attached hydrogens (tertiary/aromatic N) is 4. The summed E-state index contributed by atoms with van der Waals surface area (Å²) >= 11 is 7.37. The van der Waals surface area contributed by atoms with Gasteiger partial charge in [0.15, 0.2) is 11.0 Å². The number of benzene rings is 2. The Kier molecular flexibility index (Phi) is 7.44. The van der Waals surface area contributed by atoms with Crippen LogP contribution in [0.1, 0.15) is 32.0 Å². The summed E-state index contributed by atoms with van der Waals surface area (Å²) in [6, 6.07) is 13.8. The Morgan fingerprint density at radius 2 is 1.91 bits per heavy atom. The Balaban J connectivity index is 1.53. The minimum absolute atomic E-state index is 0.159. The fraction of sp³-hybridized carbons (Fsp3) is 0.348. The first kappa shape index (κ1) is 22.8. The number of piperidine rings is 1. The number of aromatic nitrogens is 3. The summed E-state index contributed by atoms with van der Waals surface area (Å²) in [5.41, 5.74) is 1.34. The number of halogens is 2. The summed E-state index contributed by atoms with van der Waals surface area (Å²) in [6.07, 6.45) is 3.67. The molecule has 4 rings (SSSR count). The molecule has 2 heterocycles. The molecule has 1 aliphatic rings. The molecule has 1 fully saturated rings. The van der Waals surface area contributed by atoms with Gasteiger partial charge in [-0.05, 0) is 63.2 Å². The molecule has 32 heavy (non-hydrogen) atoms. The van der Waals surface area contributed by atoms with Gasteiger partial charge in [-0.15, -0.1) is 10.2 Å². The molecule has 1 amide bonds. The second-order valence-electron chi connectivity index (χ2n) is 7.78. The molecule has 1 aliphatic heterocycles. The highest BCUT2D eigenvalue weighted by atomic mass is 35.5. The van der Waals surface area contributed by atoms with E-state index in [1.54, 1.807) is 6.92 Å². The third kappa shape index (κ3) is 5.49. The number of thioether (sulfide) groups is 1. The van der Waals surface area contributed by atoms with Gasteiger partial charge < -0.3 is 5.32 Å². The molecule has 0 aliphatic carbocycles. The molecule has 0 bridgehead atoms. The van der Waals surface area contributed by atoms with Gasteiger partial charge in [0.2, 0.25) is 5.91 Å². The zero-order chi connectivity index (χ0) is 22.5. The Labute approximate surface area is 196 Å². The first-order valence-electron chi connectivity index (χ1n) is 10.7. The lowest BCUT2D eigenvalue weighted by Crippen LogP contribution is -2.30. The average Bonchev–Trinajstić information content (AvgIpc) is 3.18. The summed E-state index contributed by atoms with van der Waals surface area (Å²) in [7, 11) is 0. The fourth-order valence-electron chi connectivity index (χ4n) is 3.67. The number of likely N-dealkylation sites (tertiary alicyclic amines) is 1. The van der Waals surface area contributed by atoms with Gasteiger partial charge in [-0.3, -0.25) is 14.3 Å². The van der Waals surface area contributed by atoms with E-state index in [1.165, 1.54) is 49.2 Å². The van der Waals surface area contributed by atoms with E-state index in [2.05, 4.69) is 20.4 Å². The topological polar surface area (TPSA) is 63.1 Å². The number of anilines is 1. The van der Waals surface area contributed by atoms with Crippen LogP contribution in [-0.4, -0.2) is 43.9 Å². The summed E-state index contributed by atoms with van der Waals surface area (Å²) in [6.45, 7) is 4.63. The third-order valence-corrected chi connectivity index (χ3v) is 6.72. The van der Waals surface area contributed by atoms with Crippen LogP contribution in [-0.2, 0) is 11.3 Å². The third-order valence-electron chi connectivity index (χ3n) is 5.37. The predicted molar refractivity (Wildman–Crippen MR) is 126 cm³/mol. The van der Waals surface area contributed by atoms with Crippen molar-refractivity contribution in [3.8, 4) is 5.69 Å². The van der Waals surface area contributed by atoms with E-state index >= 15 is 0 Å². The monoisotopic (exact) mass is 473 g/mol. The van der Waals surface area contributed by atoms with Gasteiger partial charge in [0.05, 0.1) is 22.5 Å². The zero-order valence-electron chi connectivity index (χ0n) is 17.8. The van der Waals surface area contributed by atoms with Crippen LogP contribution in [0, 0.1) is 5.82 Å². The molecule has 1 unspecified atom stereocenters. The van der Waals surface area contributed by atoms with Crippen molar-refractivity contribution in [2.24, 2.45) is 0 Å². The van der Waals surface area contributed by atoms with E-state index < -0.39 is 11.1 Å². The first-order chi connectivity index (χ1) is 15.5. The molecule has 0 radical (unpaired) electrons. The molecule has 1 atom stereocenters. The number of amides is 1. The van der Waals surface area contributed by atoms with Gasteiger partial charge in [0.1, 0.15) is 5.82 Å². The predicted octanol–water partition coefficient (Wildman–Crippen LogP) is 5.17. The van der Waals surface area contributed by atoms with Gasteiger partial charge in [0.25, 0.3) is 0 Å². The maximum atomic E-state index is 13.3. The second kappa shape index (κ2) is 10.5. The van der Waals surface area contributed by atoms with E-state index in [4.69, 9.17) is 11.6 Å². The molecular formula is C23H25ClFN5OS.